The minimum atomic E-state index is -0.890. The van der Waals surface area contributed by atoms with E-state index in [0.29, 0.717) is 6.61 Å². The van der Waals surface area contributed by atoms with Gasteiger partial charge in [0.25, 0.3) is 11.6 Å². The van der Waals surface area contributed by atoms with Gasteiger partial charge in [-0.25, -0.2) is 0 Å². The molecule has 1 saturated heterocycles. The first-order valence-corrected chi connectivity index (χ1v) is 7.62. The van der Waals surface area contributed by atoms with Gasteiger partial charge in [0.15, 0.2) is 11.5 Å². The van der Waals surface area contributed by atoms with Gasteiger partial charge in [0.1, 0.15) is 5.56 Å². The maximum atomic E-state index is 11.3. The zero-order valence-electron chi connectivity index (χ0n) is 13.5. The minimum Gasteiger partial charge on any atom is -0.493 e. The van der Waals surface area contributed by atoms with Crippen LogP contribution in [0.3, 0.4) is 0 Å². The van der Waals surface area contributed by atoms with Crippen LogP contribution >= 0.6 is 0 Å². The molecule has 1 fully saturated rings. The van der Waals surface area contributed by atoms with Gasteiger partial charge in [-0.2, -0.15) is 0 Å². The first kappa shape index (κ1) is 18.0. The van der Waals surface area contributed by atoms with E-state index in [2.05, 4.69) is 4.90 Å². The number of primary amides is 1. The second-order valence-corrected chi connectivity index (χ2v) is 5.30. The van der Waals surface area contributed by atoms with Crippen LogP contribution < -0.4 is 15.2 Å². The van der Waals surface area contributed by atoms with E-state index in [1.54, 1.807) is 0 Å². The summed E-state index contributed by atoms with van der Waals surface area (Å²) in [5, 5.41) is 11.1. The van der Waals surface area contributed by atoms with Crippen LogP contribution in [0.15, 0.2) is 12.1 Å². The molecule has 9 heteroatoms. The fourth-order valence-corrected chi connectivity index (χ4v) is 2.46. The molecule has 0 bridgehead atoms. The molecule has 1 aromatic carbocycles. The summed E-state index contributed by atoms with van der Waals surface area (Å²) in [4.78, 5) is 24.0. The van der Waals surface area contributed by atoms with Crippen LogP contribution in [0.5, 0.6) is 11.5 Å². The van der Waals surface area contributed by atoms with Gasteiger partial charge in [-0.3, -0.25) is 19.8 Å². The highest BCUT2D eigenvalue weighted by Crippen LogP contribution is 2.34. The van der Waals surface area contributed by atoms with Gasteiger partial charge in [-0.1, -0.05) is 0 Å². The minimum absolute atomic E-state index is 0.211. The maximum Gasteiger partial charge on any atom is 0.286 e. The second kappa shape index (κ2) is 8.46. The Kier molecular flexibility index (Phi) is 6.33. The van der Waals surface area contributed by atoms with Crippen LogP contribution in [0.4, 0.5) is 5.69 Å². The molecule has 0 atom stereocenters. The van der Waals surface area contributed by atoms with Crippen LogP contribution in [0.2, 0.25) is 0 Å². The normalized spacial score (nSPS) is 15.0. The lowest BCUT2D eigenvalue weighted by Crippen LogP contribution is -2.37. The molecule has 1 aliphatic rings. The molecule has 1 aromatic rings. The summed E-state index contributed by atoms with van der Waals surface area (Å²) in [5.41, 5.74) is 4.57. The van der Waals surface area contributed by atoms with Gasteiger partial charge < -0.3 is 19.9 Å². The number of morpholine rings is 1. The number of benzene rings is 1. The van der Waals surface area contributed by atoms with Crippen LogP contribution in [0.25, 0.3) is 0 Å². The van der Waals surface area contributed by atoms with E-state index < -0.39 is 16.5 Å². The van der Waals surface area contributed by atoms with Gasteiger partial charge in [0.05, 0.1) is 37.9 Å². The predicted molar refractivity (Wildman–Crippen MR) is 85.5 cm³/mol. The number of nitro benzene ring substituents is 1. The lowest BCUT2D eigenvalue weighted by atomic mass is 10.1. The van der Waals surface area contributed by atoms with Crippen molar-refractivity contribution in [2.24, 2.45) is 5.73 Å². The quantitative estimate of drug-likeness (QED) is 0.423. The summed E-state index contributed by atoms with van der Waals surface area (Å²) in [6, 6.07) is 2.41. The fourth-order valence-electron chi connectivity index (χ4n) is 2.46. The van der Waals surface area contributed by atoms with E-state index in [4.69, 9.17) is 19.9 Å². The third-order valence-electron chi connectivity index (χ3n) is 3.72. The summed E-state index contributed by atoms with van der Waals surface area (Å²) >= 11 is 0. The molecule has 0 spiro atoms. The summed E-state index contributed by atoms with van der Waals surface area (Å²) in [5.74, 6) is -0.434. The molecule has 0 aliphatic carbocycles. The number of carbonyl (C=O) groups is 1. The van der Waals surface area contributed by atoms with Crippen molar-refractivity contribution >= 4 is 11.6 Å². The molecule has 9 nitrogen and oxygen atoms in total. The lowest BCUT2D eigenvalue weighted by molar-refractivity contribution is -0.385. The average Bonchev–Trinajstić information content (AvgIpc) is 2.58. The largest absolute Gasteiger partial charge is 0.493 e. The number of nitrogens with two attached hydrogens (primary N) is 1. The van der Waals surface area contributed by atoms with Crippen molar-refractivity contribution in [3.63, 3.8) is 0 Å². The number of methoxy groups -OCH3 is 1. The van der Waals surface area contributed by atoms with E-state index in [1.807, 2.05) is 0 Å². The third-order valence-corrected chi connectivity index (χ3v) is 3.72. The van der Waals surface area contributed by atoms with Crippen LogP contribution in [-0.4, -0.2) is 62.3 Å². The molecule has 1 aliphatic heterocycles. The Morgan fingerprint density at radius 2 is 2.08 bits per heavy atom. The number of hydrogen-bond acceptors (Lipinski definition) is 7. The molecule has 0 saturated carbocycles. The number of carbonyl (C=O) groups excluding carboxylic acids is 1. The Morgan fingerprint density at radius 3 is 2.67 bits per heavy atom. The molecule has 1 amide bonds. The van der Waals surface area contributed by atoms with Crippen molar-refractivity contribution in [1.82, 2.24) is 4.90 Å². The first-order chi connectivity index (χ1) is 11.5. The van der Waals surface area contributed by atoms with Crippen molar-refractivity contribution in [3.05, 3.63) is 27.8 Å². The standard InChI is InChI=1S/C15H21N3O6/c1-22-13-9-11(15(16)19)12(18(20)21)10-14(13)24-6-2-3-17-4-7-23-8-5-17/h9-10H,2-8H2,1H3,(H2,16,19). The van der Waals surface area contributed by atoms with Gasteiger partial charge in [0, 0.05) is 25.7 Å². The first-order valence-electron chi connectivity index (χ1n) is 7.62. The molecule has 2 rings (SSSR count). The van der Waals surface area contributed by atoms with E-state index in [-0.39, 0.29) is 17.1 Å². The van der Waals surface area contributed by atoms with Gasteiger partial charge in [-0.05, 0) is 6.42 Å². The van der Waals surface area contributed by atoms with Crippen molar-refractivity contribution < 1.29 is 23.9 Å². The number of rotatable bonds is 8. The molecular weight excluding hydrogens is 318 g/mol. The summed E-state index contributed by atoms with van der Waals surface area (Å²) < 4.78 is 16.0. The molecule has 0 aromatic heterocycles. The van der Waals surface area contributed by atoms with E-state index in [1.165, 1.54) is 19.2 Å². The van der Waals surface area contributed by atoms with Gasteiger partial charge in [0.2, 0.25) is 0 Å². The van der Waals surface area contributed by atoms with Crippen molar-refractivity contribution in [3.8, 4) is 11.5 Å². The zero-order valence-corrected chi connectivity index (χ0v) is 13.5. The molecule has 132 valence electrons. The Hall–Kier alpha value is -2.39. The zero-order chi connectivity index (χ0) is 17.5. The Balaban J connectivity index is 2.01. The molecule has 0 unspecified atom stereocenters. The Labute approximate surface area is 139 Å². The third kappa shape index (κ3) is 4.56. The number of amides is 1. The summed E-state index contributed by atoms with van der Waals surface area (Å²) in [6.07, 6.45) is 0.758. The number of nitro groups is 1. The Morgan fingerprint density at radius 1 is 1.38 bits per heavy atom. The Bertz CT molecular complexity index is 601. The van der Waals surface area contributed by atoms with Gasteiger partial charge >= 0.3 is 0 Å². The second-order valence-electron chi connectivity index (χ2n) is 5.30. The monoisotopic (exact) mass is 339 g/mol. The van der Waals surface area contributed by atoms with Crippen molar-refractivity contribution in [2.45, 2.75) is 6.42 Å². The molecular formula is C15H21N3O6. The average molecular weight is 339 g/mol. The SMILES string of the molecule is COc1cc(C(N)=O)c([N+](=O)[O-])cc1OCCCN1CCOCC1. The van der Waals surface area contributed by atoms with Crippen molar-refractivity contribution in [2.75, 3.05) is 46.6 Å². The van der Waals surface area contributed by atoms with Crippen molar-refractivity contribution in [1.29, 1.82) is 0 Å². The van der Waals surface area contributed by atoms with E-state index in [9.17, 15) is 14.9 Å². The topological polar surface area (TPSA) is 117 Å². The number of nitrogens with zero attached hydrogens (tertiary/aromatic N) is 2. The van der Waals surface area contributed by atoms with E-state index in [0.717, 1.165) is 39.3 Å². The highest BCUT2D eigenvalue weighted by molar-refractivity contribution is 5.97. The maximum absolute atomic E-state index is 11.3. The highest BCUT2D eigenvalue weighted by Gasteiger charge is 2.23. The fraction of sp³-hybridized carbons (Fsp3) is 0.533. The van der Waals surface area contributed by atoms with Crippen LogP contribution in [0.1, 0.15) is 16.8 Å². The molecule has 2 N–H and O–H groups in total. The summed E-state index contributed by atoms with van der Waals surface area (Å²) in [7, 11) is 1.40. The lowest BCUT2D eigenvalue weighted by Gasteiger charge is -2.26. The highest BCUT2D eigenvalue weighted by atomic mass is 16.6. The number of ether oxygens (including phenoxy) is 3. The van der Waals surface area contributed by atoms with E-state index >= 15 is 0 Å². The smallest absolute Gasteiger partial charge is 0.286 e. The van der Waals surface area contributed by atoms with Crippen LogP contribution in [0, 0.1) is 10.1 Å². The molecule has 1 heterocycles. The molecule has 0 radical (unpaired) electrons. The van der Waals surface area contributed by atoms with Crippen LogP contribution in [-0.2, 0) is 4.74 Å². The summed E-state index contributed by atoms with van der Waals surface area (Å²) in [6.45, 7) is 4.48. The predicted octanol–water partition coefficient (Wildman–Crippen LogP) is 0.803. The number of hydrogen-bond donors (Lipinski definition) is 1. The van der Waals surface area contributed by atoms with Gasteiger partial charge in [-0.15, -0.1) is 0 Å². The molecule has 24 heavy (non-hydrogen) atoms.